The van der Waals surface area contributed by atoms with Gasteiger partial charge in [-0.15, -0.1) is 0 Å². The van der Waals surface area contributed by atoms with E-state index in [-0.39, 0.29) is 23.1 Å². The molecule has 3 heterocycles. The van der Waals surface area contributed by atoms with Crippen LogP contribution in [0.25, 0.3) is 32.7 Å². The molecule has 36 heavy (non-hydrogen) atoms. The standard InChI is InChI=1S/C29H21BrN4O2/c30-19-11-9-17(10-12-19)28(35)27-26-22(21-6-2-4-8-24(21)33-26)15-25(34-27)29(36)31-14-13-18-16-32-23-7-3-1-5-20(18)23/h1-12,15-16,32-33H,13-14H2,(H,31,36). The fourth-order valence-corrected chi connectivity index (χ4v) is 4.87. The van der Waals surface area contributed by atoms with E-state index in [4.69, 9.17) is 0 Å². The Hall–Kier alpha value is -4.23. The van der Waals surface area contributed by atoms with Crippen molar-refractivity contribution in [3.8, 4) is 0 Å². The molecule has 6 rings (SSSR count). The van der Waals surface area contributed by atoms with Gasteiger partial charge in [-0.25, -0.2) is 4.98 Å². The molecule has 0 bridgehead atoms. The first kappa shape index (κ1) is 22.2. The lowest BCUT2D eigenvalue weighted by Gasteiger charge is -2.08. The average molecular weight is 537 g/mol. The van der Waals surface area contributed by atoms with Crippen molar-refractivity contribution < 1.29 is 9.59 Å². The number of H-pyrrole nitrogens is 2. The maximum atomic E-state index is 13.5. The lowest BCUT2D eigenvalue weighted by molar-refractivity contribution is 0.0949. The van der Waals surface area contributed by atoms with Gasteiger partial charge in [0.2, 0.25) is 5.78 Å². The van der Waals surface area contributed by atoms with E-state index in [0.29, 0.717) is 24.0 Å². The molecular formula is C29H21BrN4O2. The van der Waals surface area contributed by atoms with Crippen molar-refractivity contribution in [1.82, 2.24) is 20.3 Å². The van der Waals surface area contributed by atoms with Crippen molar-refractivity contribution in [1.29, 1.82) is 0 Å². The summed E-state index contributed by atoms with van der Waals surface area (Å²) in [6.07, 6.45) is 2.65. The van der Waals surface area contributed by atoms with E-state index in [9.17, 15) is 9.59 Å². The van der Waals surface area contributed by atoms with Gasteiger partial charge in [-0.3, -0.25) is 9.59 Å². The van der Waals surface area contributed by atoms with Gasteiger partial charge in [-0.1, -0.05) is 52.3 Å². The van der Waals surface area contributed by atoms with Crippen LogP contribution in [0, 0.1) is 0 Å². The Labute approximate surface area is 214 Å². The predicted molar refractivity (Wildman–Crippen MR) is 146 cm³/mol. The number of aromatic amines is 2. The molecule has 1 amide bonds. The Morgan fingerprint density at radius 3 is 2.39 bits per heavy atom. The van der Waals surface area contributed by atoms with Crippen molar-refractivity contribution in [2.24, 2.45) is 0 Å². The molecule has 7 heteroatoms. The lowest BCUT2D eigenvalue weighted by atomic mass is 10.0. The highest BCUT2D eigenvalue weighted by molar-refractivity contribution is 9.10. The van der Waals surface area contributed by atoms with E-state index in [1.807, 2.05) is 60.8 Å². The van der Waals surface area contributed by atoms with Gasteiger partial charge >= 0.3 is 0 Å². The number of nitrogens with one attached hydrogen (secondary N) is 3. The molecule has 6 nitrogen and oxygen atoms in total. The maximum Gasteiger partial charge on any atom is 0.269 e. The Morgan fingerprint density at radius 1 is 0.861 bits per heavy atom. The molecule has 0 saturated carbocycles. The number of amides is 1. The third-order valence-corrected chi connectivity index (χ3v) is 6.93. The van der Waals surface area contributed by atoms with Crippen LogP contribution >= 0.6 is 15.9 Å². The first-order valence-electron chi connectivity index (χ1n) is 11.6. The second-order valence-corrected chi connectivity index (χ2v) is 9.57. The minimum atomic E-state index is -0.313. The van der Waals surface area contributed by atoms with Gasteiger partial charge in [0.05, 0.1) is 5.52 Å². The van der Waals surface area contributed by atoms with Crippen molar-refractivity contribution in [2.45, 2.75) is 6.42 Å². The summed E-state index contributed by atoms with van der Waals surface area (Å²) in [7, 11) is 0. The van der Waals surface area contributed by atoms with E-state index >= 15 is 0 Å². The average Bonchev–Trinajstić information content (AvgIpc) is 3.49. The molecule has 3 aromatic carbocycles. The number of benzene rings is 3. The molecule has 0 aliphatic carbocycles. The van der Waals surface area contributed by atoms with E-state index in [1.165, 1.54) is 0 Å². The fourth-order valence-electron chi connectivity index (χ4n) is 4.60. The zero-order valence-corrected chi connectivity index (χ0v) is 20.7. The number of ketones is 1. The van der Waals surface area contributed by atoms with E-state index in [2.05, 4.69) is 42.3 Å². The molecule has 0 fully saturated rings. The number of fused-ring (bicyclic) bond motifs is 4. The highest BCUT2D eigenvalue weighted by Crippen LogP contribution is 2.29. The lowest BCUT2D eigenvalue weighted by Crippen LogP contribution is -2.27. The fraction of sp³-hybridized carbons (Fsp3) is 0.0690. The molecule has 0 radical (unpaired) electrons. The Bertz CT molecular complexity index is 1770. The molecule has 0 aliphatic rings. The number of para-hydroxylation sites is 2. The molecule has 176 valence electrons. The van der Waals surface area contributed by atoms with E-state index < -0.39 is 0 Å². The summed E-state index contributed by atoms with van der Waals surface area (Å²) in [5, 5.41) is 5.85. The smallest absolute Gasteiger partial charge is 0.269 e. The summed E-state index contributed by atoms with van der Waals surface area (Å²) < 4.78 is 0.881. The van der Waals surface area contributed by atoms with Crippen LogP contribution in [0.5, 0.6) is 0 Å². The second kappa shape index (κ2) is 9.09. The van der Waals surface area contributed by atoms with Gasteiger partial charge < -0.3 is 15.3 Å². The predicted octanol–water partition coefficient (Wildman–Crippen LogP) is 6.16. The summed E-state index contributed by atoms with van der Waals surface area (Å²) in [5.74, 6) is -0.556. The Balaban J connectivity index is 1.34. The van der Waals surface area contributed by atoms with Crippen LogP contribution in [0.15, 0.2) is 89.5 Å². The van der Waals surface area contributed by atoms with Crippen LogP contribution in [0.4, 0.5) is 0 Å². The number of hydrogen-bond acceptors (Lipinski definition) is 3. The first-order chi connectivity index (χ1) is 17.6. The minimum absolute atomic E-state index is 0.214. The zero-order chi connectivity index (χ0) is 24.6. The molecule has 6 aromatic rings. The van der Waals surface area contributed by atoms with Crippen LogP contribution < -0.4 is 5.32 Å². The van der Waals surface area contributed by atoms with Crippen LogP contribution in [-0.4, -0.2) is 33.2 Å². The zero-order valence-electron chi connectivity index (χ0n) is 19.1. The number of rotatable bonds is 6. The van der Waals surface area contributed by atoms with E-state index in [1.54, 1.807) is 18.2 Å². The number of hydrogen-bond donors (Lipinski definition) is 3. The van der Waals surface area contributed by atoms with Crippen LogP contribution in [0.1, 0.15) is 32.1 Å². The topological polar surface area (TPSA) is 90.6 Å². The molecule has 3 aromatic heterocycles. The van der Waals surface area contributed by atoms with Crippen LogP contribution in [0.2, 0.25) is 0 Å². The van der Waals surface area contributed by atoms with Crippen molar-refractivity contribution in [2.75, 3.05) is 6.54 Å². The molecule has 0 aliphatic heterocycles. The van der Waals surface area contributed by atoms with Gasteiger partial charge in [0.1, 0.15) is 11.4 Å². The summed E-state index contributed by atoms with van der Waals surface area (Å²) in [6.45, 7) is 0.449. The Morgan fingerprint density at radius 2 is 1.58 bits per heavy atom. The minimum Gasteiger partial charge on any atom is -0.361 e. The SMILES string of the molecule is O=C(NCCc1c[nH]c2ccccc12)c1cc2c([nH]c3ccccc32)c(C(=O)c2ccc(Br)cc2)n1. The maximum absolute atomic E-state index is 13.5. The van der Waals surface area contributed by atoms with Crippen LogP contribution in [0.3, 0.4) is 0 Å². The molecule has 3 N–H and O–H groups in total. The number of nitrogens with zero attached hydrogens (tertiary/aromatic N) is 1. The van der Waals surface area contributed by atoms with E-state index in [0.717, 1.165) is 37.2 Å². The third kappa shape index (κ3) is 3.97. The number of halogens is 1. The molecule has 0 atom stereocenters. The highest BCUT2D eigenvalue weighted by Gasteiger charge is 2.21. The summed E-state index contributed by atoms with van der Waals surface area (Å²) in [5.41, 5.74) is 4.66. The number of aromatic nitrogens is 3. The largest absolute Gasteiger partial charge is 0.361 e. The molecule has 0 saturated heterocycles. The van der Waals surface area contributed by atoms with Crippen LogP contribution in [-0.2, 0) is 6.42 Å². The number of carbonyl (C=O) groups is 2. The van der Waals surface area contributed by atoms with Gasteiger partial charge in [0, 0.05) is 50.0 Å². The van der Waals surface area contributed by atoms with Gasteiger partial charge in [-0.05, 0) is 54.4 Å². The van der Waals surface area contributed by atoms with Gasteiger partial charge in [0.25, 0.3) is 5.91 Å². The Kier molecular flexibility index (Phi) is 5.62. The summed E-state index contributed by atoms with van der Waals surface area (Å²) in [4.78, 5) is 37.8. The molecule has 0 unspecified atom stereocenters. The monoisotopic (exact) mass is 536 g/mol. The second-order valence-electron chi connectivity index (χ2n) is 8.65. The number of carbonyl (C=O) groups excluding carboxylic acids is 2. The first-order valence-corrected chi connectivity index (χ1v) is 12.4. The van der Waals surface area contributed by atoms with Crippen molar-refractivity contribution >= 4 is 60.3 Å². The molecule has 0 spiro atoms. The molecular weight excluding hydrogens is 516 g/mol. The van der Waals surface area contributed by atoms with Crippen molar-refractivity contribution in [3.05, 3.63) is 112 Å². The van der Waals surface area contributed by atoms with Gasteiger partial charge in [0.15, 0.2) is 0 Å². The quantitative estimate of drug-likeness (QED) is 0.222. The normalized spacial score (nSPS) is 11.4. The van der Waals surface area contributed by atoms with Crippen molar-refractivity contribution in [3.63, 3.8) is 0 Å². The summed E-state index contributed by atoms with van der Waals surface area (Å²) in [6, 6.07) is 24.8. The van der Waals surface area contributed by atoms with Gasteiger partial charge in [-0.2, -0.15) is 0 Å². The summed E-state index contributed by atoms with van der Waals surface area (Å²) >= 11 is 3.41. The number of pyridine rings is 1. The third-order valence-electron chi connectivity index (χ3n) is 6.41. The highest BCUT2D eigenvalue weighted by atomic mass is 79.9.